The van der Waals surface area contributed by atoms with Crippen LogP contribution in [0.25, 0.3) is 11.0 Å². The molecule has 0 atom stereocenters. The number of fused-ring (bicyclic) bond motifs is 1. The average molecular weight is 301 g/mol. The minimum Gasteiger partial charge on any atom is -0.454 e. The molecule has 5 heteroatoms. The Morgan fingerprint density at radius 1 is 1.24 bits per heavy atom. The topological polar surface area (TPSA) is 65.5 Å². The summed E-state index contributed by atoms with van der Waals surface area (Å²) in [5.74, 6) is -0.265. The van der Waals surface area contributed by atoms with Crippen LogP contribution in [0.1, 0.15) is 27.2 Å². The number of carbonyl (C=O) groups excluding carboxylic acids is 1. The molecule has 21 heavy (non-hydrogen) atoms. The van der Waals surface area contributed by atoms with Crippen molar-refractivity contribution in [1.29, 1.82) is 0 Å². The standard InChI is InChI=1S/C16H15NO3S/c1-2-12-4-5-13(21-12)9-19-16(18)15-8-10-7-11(17)3-6-14(10)20-15/h3-8H,2,9,17H2,1H3. The van der Waals surface area contributed by atoms with E-state index in [2.05, 4.69) is 13.0 Å². The summed E-state index contributed by atoms with van der Waals surface area (Å²) >= 11 is 1.65. The Kier molecular flexibility index (Phi) is 3.66. The van der Waals surface area contributed by atoms with Gasteiger partial charge in [-0.05, 0) is 42.8 Å². The van der Waals surface area contributed by atoms with Crippen LogP contribution < -0.4 is 5.73 Å². The first-order chi connectivity index (χ1) is 10.2. The van der Waals surface area contributed by atoms with Gasteiger partial charge in [0, 0.05) is 20.8 Å². The number of nitrogens with two attached hydrogens (primary N) is 1. The molecule has 0 saturated heterocycles. The number of furan rings is 1. The second-order valence-electron chi connectivity index (χ2n) is 4.71. The Balaban J connectivity index is 1.71. The fourth-order valence-corrected chi connectivity index (χ4v) is 2.93. The molecule has 0 aliphatic carbocycles. The quantitative estimate of drug-likeness (QED) is 0.584. The number of hydrogen-bond acceptors (Lipinski definition) is 5. The van der Waals surface area contributed by atoms with Crippen LogP contribution in [-0.4, -0.2) is 5.97 Å². The van der Waals surface area contributed by atoms with Gasteiger partial charge in [-0.1, -0.05) is 6.92 Å². The Morgan fingerprint density at radius 3 is 2.81 bits per heavy atom. The van der Waals surface area contributed by atoms with Gasteiger partial charge in [-0.2, -0.15) is 0 Å². The third-order valence-electron chi connectivity index (χ3n) is 3.15. The fourth-order valence-electron chi connectivity index (χ4n) is 2.06. The number of carbonyl (C=O) groups is 1. The minimum atomic E-state index is -0.462. The van der Waals surface area contributed by atoms with E-state index in [1.807, 2.05) is 6.07 Å². The number of ether oxygens (including phenoxy) is 1. The number of aryl methyl sites for hydroxylation is 1. The molecule has 2 heterocycles. The Morgan fingerprint density at radius 2 is 2.05 bits per heavy atom. The molecule has 0 fully saturated rings. The predicted octanol–water partition coefficient (Wildman–Crippen LogP) is 4.00. The summed E-state index contributed by atoms with van der Waals surface area (Å²) in [6.45, 7) is 2.37. The molecule has 2 aromatic heterocycles. The van der Waals surface area contributed by atoms with Gasteiger partial charge in [-0.25, -0.2) is 4.79 Å². The first kappa shape index (κ1) is 13.7. The molecular formula is C16H15NO3S. The molecule has 3 rings (SSSR count). The highest BCUT2D eigenvalue weighted by Crippen LogP contribution is 2.23. The van der Waals surface area contributed by atoms with E-state index in [1.54, 1.807) is 35.6 Å². The molecule has 0 unspecified atom stereocenters. The van der Waals surface area contributed by atoms with Crippen LogP contribution in [0.15, 0.2) is 40.8 Å². The Bertz CT molecular complexity index is 788. The largest absolute Gasteiger partial charge is 0.454 e. The zero-order valence-electron chi connectivity index (χ0n) is 11.6. The van der Waals surface area contributed by atoms with E-state index >= 15 is 0 Å². The lowest BCUT2D eigenvalue weighted by Gasteiger charge is -1.99. The molecule has 0 bridgehead atoms. The van der Waals surface area contributed by atoms with Crippen molar-refractivity contribution in [2.24, 2.45) is 0 Å². The van der Waals surface area contributed by atoms with Crippen molar-refractivity contribution in [1.82, 2.24) is 0 Å². The van der Waals surface area contributed by atoms with Gasteiger partial charge in [-0.15, -0.1) is 11.3 Å². The maximum absolute atomic E-state index is 12.0. The summed E-state index contributed by atoms with van der Waals surface area (Å²) in [7, 11) is 0. The van der Waals surface area contributed by atoms with Crippen molar-refractivity contribution in [3.63, 3.8) is 0 Å². The molecule has 0 amide bonds. The maximum Gasteiger partial charge on any atom is 0.374 e. The molecule has 4 nitrogen and oxygen atoms in total. The van der Waals surface area contributed by atoms with Crippen molar-refractivity contribution in [2.75, 3.05) is 5.73 Å². The van der Waals surface area contributed by atoms with Gasteiger partial charge >= 0.3 is 5.97 Å². The lowest BCUT2D eigenvalue weighted by molar-refractivity contribution is 0.0443. The van der Waals surface area contributed by atoms with Crippen molar-refractivity contribution < 1.29 is 13.9 Å². The van der Waals surface area contributed by atoms with Gasteiger partial charge in [0.2, 0.25) is 5.76 Å². The molecule has 0 radical (unpaired) electrons. The van der Waals surface area contributed by atoms with Crippen molar-refractivity contribution in [2.45, 2.75) is 20.0 Å². The predicted molar refractivity (Wildman–Crippen MR) is 83.4 cm³/mol. The molecular weight excluding hydrogens is 286 g/mol. The molecule has 108 valence electrons. The van der Waals surface area contributed by atoms with Crippen molar-refractivity contribution in [3.8, 4) is 0 Å². The van der Waals surface area contributed by atoms with Gasteiger partial charge in [0.1, 0.15) is 12.2 Å². The highest BCUT2D eigenvalue weighted by molar-refractivity contribution is 7.11. The van der Waals surface area contributed by atoms with Crippen molar-refractivity contribution in [3.05, 3.63) is 51.9 Å². The normalized spacial score (nSPS) is 10.9. The number of benzene rings is 1. The molecule has 0 spiro atoms. The third kappa shape index (κ3) is 2.92. The molecule has 2 N–H and O–H groups in total. The van der Waals surface area contributed by atoms with E-state index in [1.165, 1.54) is 4.88 Å². The number of rotatable bonds is 4. The molecule has 0 aliphatic heterocycles. The van der Waals surface area contributed by atoms with E-state index in [0.717, 1.165) is 16.7 Å². The average Bonchev–Trinajstić information content (AvgIpc) is 3.10. The number of esters is 1. The minimum absolute atomic E-state index is 0.197. The summed E-state index contributed by atoms with van der Waals surface area (Å²) in [6.07, 6.45) is 0.990. The van der Waals surface area contributed by atoms with Gasteiger partial charge < -0.3 is 14.9 Å². The van der Waals surface area contributed by atoms with E-state index in [0.29, 0.717) is 11.3 Å². The number of nitrogen functional groups attached to an aromatic ring is 1. The SMILES string of the molecule is CCc1ccc(COC(=O)c2cc3cc(N)ccc3o2)s1. The maximum atomic E-state index is 12.0. The highest BCUT2D eigenvalue weighted by Gasteiger charge is 2.14. The number of hydrogen-bond donors (Lipinski definition) is 1. The van der Waals surface area contributed by atoms with Crippen LogP contribution >= 0.6 is 11.3 Å². The summed E-state index contributed by atoms with van der Waals surface area (Å²) < 4.78 is 10.8. The lowest BCUT2D eigenvalue weighted by atomic mass is 10.2. The first-order valence-electron chi connectivity index (χ1n) is 6.69. The van der Waals surface area contributed by atoms with Crippen LogP contribution in [0.5, 0.6) is 0 Å². The molecule has 3 aromatic rings. The molecule has 1 aromatic carbocycles. The van der Waals surface area contributed by atoms with E-state index in [-0.39, 0.29) is 12.4 Å². The zero-order valence-corrected chi connectivity index (χ0v) is 12.4. The number of anilines is 1. The monoisotopic (exact) mass is 301 g/mol. The van der Waals surface area contributed by atoms with E-state index < -0.39 is 5.97 Å². The van der Waals surface area contributed by atoms with Crippen LogP contribution in [-0.2, 0) is 17.8 Å². The van der Waals surface area contributed by atoms with Crippen LogP contribution in [0.4, 0.5) is 5.69 Å². The van der Waals surface area contributed by atoms with Gasteiger partial charge in [0.25, 0.3) is 0 Å². The smallest absolute Gasteiger partial charge is 0.374 e. The number of thiophene rings is 1. The molecule has 0 saturated carbocycles. The lowest BCUT2D eigenvalue weighted by Crippen LogP contribution is -2.02. The highest BCUT2D eigenvalue weighted by atomic mass is 32.1. The summed E-state index contributed by atoms with van der Waals surface area (Å²) in [6, 6.07) is 10.9. The van der Waals surface area contributed by atoms with Gasteiger partial charge in [0.05, 0.1) is 0 Å². The summed E-state index contributed by atoms with van der Waals surface area (Å²) in [4.78, 5) is 14.3. The second kappa shape index (κ2) is 5.61. The summed E-state index contributed by atoms with van der Waals surface area (Å²) in [5.41, 5.74) is 6.96. The van der Waals surface area contributed by atoms with E-state index in [4.69, 9.17) is 14.9 Å². The summed E-state index contributed by atoms with van der Waals surface area (Å²) in [5, 5.41) is 0.798. The Labute approximate surface area is 126 Å². The van der Waals surface area contributed by atoms with Crippen LogP contribution in [0.3, 0.4) is 0 Å². The fraction of sp³-hybridized carbons (Fsp3) is 0.188. The second-order valence-corrected chi connectivity index (χ2v) is 5.96. The van der Waals surface area contributed by atoms with Gasteiger partial charge in [-0.3, -0.25) is 0 Å². The van der Waals surface area contributed by atoms with Crippen molar-refractivity contribution >= 4 is 34.0 Å². The van der Waals surface area contributed by atoms with Crippen LogP contribution in [0.2, 0.25) is 0 Å². The molecule has 0 aliphatic rings. The first-order valence-corrected chi connectivity index (χ1v) is 7.51. The third-order valence-corrected chi connectivity index (χ3v) is 4.36. The van der Waals surface area contributed by atoms with E-state index in [9.17, 15) is 4.79 Å². The van der Waals surface area contributed by atoms with Gasteiger partial charge in [0.15, 0.2) is 0 Å². The Hall–Kier alpha value is -2.27. The van der Waals surface area contributed by atoms with Crippen LogP contribution in [0, 0.1) is 0 Å². The zero-order chi connectivity index (χ0) is 14.8.